The SMILES string of the molecule is CC(C)(C)C.CC(CNCc1cc(F)c(Cl)cc1NC=O)c1cccc(Cl)c1F.O=CNC1CCCCC1. The van der Waals surface area contributed by atoms with Crippen molar-refractivity contribution < 1.29 is 18.4 Å². The van der Waals surface area contributed by atoms with Crippen molar-refractivity contribution in [2.75, 3.05) is 11.9 Å². The van der Waals surface area contributed by atoms with Gasteiger partial charge in [-0.1, -0.05) is 89.2 Å². The molecule has 1 aliphatic rings. The highest BCUT2D eigenvalue weighted by Crippen LogP contribution is 2.26. The van der Waals surface area contributed by atoms with Crippen molar-refractivity contribution in [1.29, 1.82) is 0 Å². The van der Waals surface area contributed by atoms with Crippen molar-refractivity contribution in [2.45, 2.75) is 85.2 Å². The zero-order chi connectivity index (χ0) is 28.7. The smallest absolute Gasteiger partial charge is 0.211 e. The summed E-state index contributed by atoms with van der Waals surface area (Å²) in [5.74, 6) is -1.14. The third-order valence-electron chi connectivity index (χ3n) is 5.55. The number of amides is 2. The lowest BCUT2D eigenvalue weighted by molar-refractivity contribution is -0.110. The summed E-state index contributed by atoms with van der Waals surface area (Å²) in [6.45, 7) is 11.3. The van der Waals surface area contributed by atoms with E-state index in [2.05, 4.69) is 43.6 Å². The van der Waals surface area contributed by atoms with Crippen LogP contribution in [0.5, 0.6) is 0 Å². The van der Waals surface area contributed by atoms with Crippen LogP contribution in [-0.4, -0.2) is 25.4 Å². The van der Waals surface area contributed by atoms with Gasteiger partial charge in [0.05, 0.1) is 10.0 Å². The van der Waals surface area contributed by atoms with E-state index in [9.17, 15) is 18.4 Å². The molecule has 0 heterocycles. The van der Waals surface area contributed by atoms with Gasteiger partial charge in [0.25, 0.3) is 0 Å². The lowest BCUT2D eigenvalue weighted by Crippen LogP contribution is -2.29. The summed E-state index contributed by atoms with van der Waals surface area (Å²) in [4.78, 5) is 20.6. The molecule has 0 bridgehead atoms. The van der Waals surface area contributed by atoms with Gasteiger partial charge in [-0.05, 0) is 53.5 Å². The first-order valence-electron chi connectivity index (χ1n) is 12.9. The Kier molecular flexibility index (Phi) is 15.5. The Morgan fingerprint density at radius 3 is 2.21 bits per heavy atom. The van der Waals surface area contributed by atoms with E-state index < -0.39 is 11.6 Å². The zero-order valence-electron chi connectivity index (χ0n) is 23.0. The fraction of sp³-hybridized carbons (Fsp3) is 0.517. The Bertz CT molecular complexity index is 1000. The van der Waals surface area contributed by atoms with Gasteiger partial charge in [-0.25, -0.2) is 8.78 Å². The van der Waals surface area contributed by atoms with Gasteiger partial charge < -0.3 is 16.0 Å². The average Bonchev–Trinajstić information content (AvgIpc) is 2.84. The fourth-order valence-electron chi connectivity index (χ4n) is 3.73. The van der Waals surface area contributed by atoms with Gasteiger partial charge in [0.2, 0.25) is 12.8 Å². The van der Waals surface area contributed by atoms with Gasteiger partial charge in [0, 0.05) is 24.8 Å². The van der Waals surface area contributed by atoms with E-state index in [1.807, 2.05) is 6.92 Å². The normalized spacial score (nSPS) is 14.2. The number of carbonyl (C=O) groups is 2. The summed E-state index contributed by atoms with van der Waals surface area (Å²) in [7, 11) is 0. The standard InChI is InChI=1S/C17H16Cl2F2N2O.C7H13NO.C5H12/c1-10(12-3-2-4-13(18)17(12)21)7-22-8-11-5-15(20)14(19)6-16(11)23-9-24;9-6-8-7-4-2-1-3-5-7;1-5(2,3)4/h2-6,9-10,22H,7-8H2,1H3,(H,23,24);6-7H,1-5H2,(H,8,9);1-4H3. The topological polar surface area (TPSA) is 70.2 Å². The monoisotopic (exact) mass is 571 g/mol. The van der Waals surface area contributed by atoms with Crippen LogP contribution in [-0.2, 0) is 16.1 Å². The molecule has 2 aromatic rings. The largest absolute Gasteiger partial charge is 0.356 e. The molecular formula is C29H41Cl2F2N3O2. The number of nitrogens with one attached hydrogen (secondary N) is 3. The highest BCUT2D eigenvalue weighted by Gasteiger charge is 2.14. The van der Waals surface area contributed by atoms with E-state index in [0.29, 0.717) is 41.2 Å². The molecule has 38 heavy (non-hydrogen) atoms. The summed E-state index contributed by atoms with van der Waals surface area (Å²) in [5, 5.41) is 8.41. The lowest BCUT2D eigenvalue weighted by atomic mass is 9.96. The molecule has 1 saturated carbocycles. The lowest BCUT2D eigenvalue weighted by Gasteiger charge is -2.19. The maximum atomic E-state index is 14.0. The van der Waals surface area contributed by atoms with Crippen LogP contribution in [0.15, 0.2) is 30.3 Å². The van der Waals surface area contributed by atoms with Crippen LogP contribution in [0.4, 0.5) is 14.5 Å². The highest BCUT2D eigenvalue weighted by molar-refractivity contribution is 6.31. The number of anilines is 1. The fourth-order valence-corrected chi connectivity index (χ4v) is 4.08. The molecule has 212 valence electrons. The van der Waals surface area contributed by atoms with Crippen LogP contribution in [0.3, 0.4) is 0 Å². The molecule has 3 rings (SSSR count). The first kappa shape index (κ1) is 33.8. The van der Waals surface area contributed by atoms with Crippen LogP contribution in [0.25, 0.3) is 0 Å². The Hall–Kier alpha value is -2.22. The predicted molar refractivity (Wildman–Crippen MR) is 154 cm³/mol. The maximum Gasteiger partial charge on any atom is 0.211 e. The molecule has 0 saturated heterocycles. The number of hydrogen-bond donors (Lipinski definition) is 3. The van der Waals surface area contributed by atoms with Crippen molar-refractivity contribution in [3.63, 3.8) is 0 Å². The molecule has 1 aliphatic carbocycles. The summed E-state index contributed by atoms with van der Waals surface area (Å²) in [5.41, 5.74) is 1.97. The van der Waals surface area contributed by atoms with E-state index in [-0.39, 0.29) is 22.5 Å². The minimum atomic E-state index is -0.571. The molecule has 3 N–H and O–H groups in total. The minimum Gasteiger partial charge on any atom is -0.356 e. The van der Waals surface area contributed by atoms with Crippen LogP contribution in [0, 0.1) is 17.0 Å². The molecule has 0 aromatic heterocycles. The molecule has 0 aliphatic heterocycles. The van der Waals surface area contributed by atoms with E-state index in [1.165, 1.54) is 50.3 Å². The summed E-state index contributed by atoms with van der Waals surface area (Å²) in [6, 6.07) is 7.95. The molecule has 0 spiro atoms. The third-order valence-corrected chi connectivity index (χ3v) is 6.13. The van der Waals surface area contributed by atoms with Crippen molar-refractivity contribution >= 4 is 41.7 Å². The van der Waals surface area contributed by atoms with Crippen LogP contribution in [0.2, 0.25) is 10.0 Å². The summed E-state index contributed by atoms with van der Waals surface area (Å²) < 4.78 is 27.6. The van der Waals surface area contributed by atoms with E-state index in [4.69, 9.17) is 23.2 Å². The molecule has 9 heteroatoms. The van der Waals surface area contributed by atoms with Crippen molar-refractivity contribution in [3.05, 3.63) is 63.1 Å². The maximum absolute atomic E-state index is 14.0. The number of hydrogen-bond acceptors (Lipinski definition) is 3. The first-order valence-corrected chi connectivity index (χ1v) is 13.6. The molecule has 1 unspecified atom stereocenters. The summed E-state index contributed by atoms with van der Waals surface area (Å²) >= 11 is 11.5. The second-order valence-electron chi connectivity index (χ2n) is 11.0. The van der Waals surface area contributed by atoms with Crippen molar-refractivity contribution in [3.8, 4) is 0 Å². The number of carbonyl (C=O) groups excluding carboxylic acids is 2. The minimum absolute atomic E-state index is 0.0718. The Labute approximate surface area is 236 Å². The van der Waals surface area contributed by atoms with Crippen LogP contribution in [0.1, 0.15) is 83.8 Å². The molecule has 5 nitrogen and oxygen atoms in total. The van der Waals surface area contributed by atoms with Gasteiger partial charge in [-0.3, -0.25) is 9.59 Å². The van der Waals surface area contributed by atoms with Crippen LogP contribution >= 0.6 is 23.2 Å². The van der Waals surface area contributed by atoms with E-state index >= 15 is 0 Å². The molecule has 2 amide bonds. The first-order chi connectivity index (χ1) is 17.9. The van der Waals surface area contributed by atoms with Crippen LogP contribution < -0.4 is 16.0 Å². The van der Waals surface area contributed by atoms with Crippen molar-refractivity contribution in [1.82, 2.24) is 10.6 Å². The molecular weight excluding hydrogens is 531 g/mol. The van der Waals surface area contributed by atoms with E-state index in [1.54, 1.807) is 12.1 Å². The Morgan fingerprint density at radius 2 is 1.63 bits per heavy atom. The van der Waals surface area contributed by atoms with Gasteiger partial charge in [-0.15, -0.1) is 0 Å². The molecule has 1 fully saturated rings. The van der Waals surface area contributed by atoms with E-state index in [0.717, 1.165) is 6.41 Å². The number of benzene rings is 2. The highest BCUT2D eigenvalue weighted by atomic mass is 35.5. The molecule has 2 aromatic carbocycles. The second-order valence-corrected chi connectivity index (χ2v) is 11.8. The van der Waals surface area contributed by atoms with Gasteiger partial charge in [0.15, 0.2) is 0 Å². The Balaban J connectivity index is 0.000000421. The number of halogens is 4. The van der Waals surface area contributed by atoms with Gasteiger partial charge in [-0.2, -0.15) is 0 Å². The summed E-state index contributed by atoms with van der Waals surface area (Å²) in [6.07, 6.45) is 7.58. The molecule has 0 radical (unpaired) electrons. The predicted octanol–water partition coefficient (Wildman–Crippen LogP) is 7.85. The van der Waals surface area contributed by atoms with Crippen molar-refractivity contribution in [2.24, 2.45) is 5.41 Å². The quantitative estimate of drug-likeness (QED) is 0.268. The zero-order valence-corrected chi connectivity index (χ0v) is 24.5. The average molecular weight is 573 g/mol. The Morgan fingerprint density at radius 1 is 1.00 bits per heavy atom. The van der Waals surface area contributed by atoms with Gasteiger partial charge >= 0.3 is 0 Å². The van der Waals surface area contributed by atoms with Gasteiger partial charge in [0.1, 0.15) is 11.6 Å². The second kappa shape index (κ2) is 17.4. The number of rotatable bonds is 9. The third kappa shape index (κ3) is 13.5. The molecule has 1 atom stereocenters.